The molecule has 1 aromatic carbocycles. The van der Waals surface area contributed by atoms with Gasteiger partial charge in [-0.15, -0.1) is 0 Å². The van der Waals surface area contributed by atoms with Crippen molar-refractivity contribution in [3.8, 4) is 5.75 Å². The molecule has 17 heavy (non-hydrogen) atoms. The topological polar surface area (TPSA) is 33.6 Å². The average molecular weight is 250 g/mol. The lowest BCUT2D eigenvalue weighted by Gasteiger charge is -2.11. The smallest absolute Gasteiger partial charge is 0.161 e. The number of nitrogens with one attached hydrogen (secondary N) is 1. The molecule has 4 heteroatoms. The zero-order valence-corrected chi connectivity index (χ0v) is 11.1. The third-order valence-corrected chi connectivity index (χ3v) is 3.64. The molecule has 1 atom stereocenters. The Morgan fingerprint density at radius 3 is 2.94 bits per heavy atom. The largest absolute Gasteiger partial charge is 0.492 e. The maximum atomic E-state index is 5.57. The van der Waals surface area contributed by atoms with Crippen LogP contribution in [0.2, 0.25) is 0 Å². The fourth-order valence-corrected chi connectivity index (χ4v) is 2.73. The Morgan fingerprint density at radius 1 is 1.41 bits per heavy atom. The Morgan fingerprint density at radius 2 is 2.24 bits per heavy atom. The van der Waals surface area contributed by atoms with Crippen LogP contribution in [0.25, 0.3) is 0 Å². The van der Waals surface area contributed by atoms with Gasteiger partial charge in [-0.25, -0.2) is 0 Å². The molecular formula is C13H18N2OS. The lowest BCUT2D eigenvalue weighted by atomic mass is 10.3. The molecule has 1 N–H and O–H groups in total. The van der Waals surface area contributed by atoms with Gasteiger partial charge >= 0.3 is 0 Å². The number of rotatable bonds is 4. The number of benzene rings is 1. The van der Waals surface area contributed by atoms with Crippen molar-refractivity contribution < 1.29 is 4.74 Å². The molecule has 0 bridgehead atoms. The first-order chi connectivity index (χ1) is 8.33. The number of hydrogen-bond donors (Lipinski definition) is 1. The summed E-state index contributed by atoms with van der Waals surface area (Å²) < 4.78 is 5.57. The third kappa shape index (κ3) is 3.16. The second kappa shape index (κ2) is 5.96. The molecule has 0 saturated carbocycles. The summed E-state index contributed by atoms with van der Waals surface area (Å²) in [6, 6.07) is 8.44. The highest BCUT2D eigenvalue weighted by atomic mass is 32.2. The second-order valence-electron chi connectivity index (χ2n) is 3.86. The molecule has 1 heterocycles. The first-order valence-electron chi connectivity index (χ1n) is 6.03. The van der Waals surface area contributed by atoms with Gasteiger partial charge in [0.15, 0.2) is 5.17 Å². The van der Waals surface area contributed by atoms with Crippen LogP contribution < -0.4 is 10.1 Å². The summed E-state index contributed by atoms with van der Waals surface area (Å²) in [4.78, 5) is 4.62. The first-order valence-corrected chi connectivity index (χ1v) is 7.01. The van der Waals surface area contributed by atoms with Gasteiger partial charge < -0.3 is 10.1 Å². The number of ether oxygens (including phenoxy) is 1. The second-order valence-corrected chi connectivity index (χ2v) is 4.87. The Bertz CT molecular complexity index is 406. The summed E-state index contributed by atoms with van der Waals surface area (Å²) in [6.07, 6.45) is 1.10. The highest BCUT2D eigenvalue weighted by Gasteiger charge is 2.17. The molecular weight excluding hydrogens is 232 g/mol. The summed E-state index contributed by atoms with van der Waals surface area (Å²) in [5.74, 6) is 1.97. The number of hydrogen-bond acceptors (Lipinski definition) is 4. The minimum Gasteiger partial charge on any atom is -0.492 e. The lowest BCUT2D eigenvalue weighted by Crippen LogP contribution is -2.07. The van der Waals surface area contributed by atoms with E-state index >= 15 is 0 Å². The van der Waals surface area contributed by atoms with Gasteiger partial charge in [-0.05, 0) is 25.5 Å². The summed E-state index contributed by atoms with van der Waals surface area (Å²) in [7, 11) is 0. The van der Waals surface area contributed by atoms with E-state index in [2.05, 4.69) is 17.2 Å². The first kappa shape index (κ1) is 12.3. The molecule has 1 aliphatic heterocycles. The molecule has 0 radical (unpaired) electrons. The maximum absolute atomic E-state index is 5.57. The van der Waals surface area contributed by atoms with E-state index in [0.29, 0.717) is 12.6 Å². The van der Waals surface area contributed by atoms with E-state index < -0.39 is 0 Å². The number of thioether (sulfide) groups is 1. The van der Waals surface area contributed by atoms with Crippen LogP contribution in [0.4, 0.5) is 5.69 Å². The minimum absolute atomic E-state index is 0.460. The van der Waals surface area contributed by atoms with E-state index in [1.807, 2.05) is 31.2 Å². The van der Waals surface area contributed by atoms with Crippen LogP contribution >= 0.6 is 11.8 Å². The predicted octanol–water partition coefficient (Wildman–Crippen LogP) is 3.38. The van der Waals surface area contributed by atoms with Gasteiger partial charge in [0.2, 0.25) is 0 Å². The molecule has 0 aromatic heterocycles. The highest BCUT2D eigenvalue weighted by Crippen LogP contribution is 2.27. The van der Waals surface area contributed by atoms with Crippen LogP contribution in [0, 0.1) is 0 Å². The molecule has 0 saturated heterocycles. The average Bonchev–Trinajstić information content (AvgIpc) is 2.80. The predicted molar refractivity (Wildman–Crippen MR) is 75.2 cm³/mol. The van der Waals surface area contributed by atoms with E-state index in [4.69, 9.17) is 4.74 Å². The van der Waals surface area contributed by atoms with Crippen LogP contribution in [0.5, 0.6) is 5.75 Å². The fourth-order valence-electron chi connectivity index (χ4n) is 1.66. The summed E-state index contributed by atoms with van der Waals surface area (Å²) in [5.41, 5.74) is 0.998. The van der Waals surface area contributed by atoms with Crippen molar-refractivity contribution in [2.24, 2.45) is 4.99 Å². The molecule has 0 spiro atoms. The highest BCUT2D eigenvalue weighted by molar-refractivity contribution is 8.14. The zero-order valence-electron chi connectivity index (χ0n) is 10.3. The molecule has 3 nitrogen and oxygen atoms in total. The number of nitrogens with zero attached hydrogens (tertiary/aromatic N) is 1. The minimum atomic E-state index is 0.460. The van der Waals surface area contributed by atoms with Crippen LogP contribution in [0.3, 0.4) is 0 Å². The van der Waals surface area contributed by atoms with Gasteiger partial charge in [0, 0.05) is 5.75 Å². The van der Waals surface area contributed by atoms with Gasteiger partial charge in [0.25, 0.3) is 0 Å². The van der Waals surface area contributed by atoms with E-state index in [1.165, 1.54) is 0 Å². The summed E-state index contributed by atoms with van der Waals surface area (Å²) >= 11 is 1.78. The molecule has 0 fully saturated rings. The number of para-hydroxylation sites is 2. The van der Waals surface area contributed by atoms with E-state index in [0.717, 1.165) is 28.8 Å². The number of amidine groups is 1. The van der Waals surface area contributed by atoms with Gasteiger partial charge in [0.1, 0.15) is 5.75 Å². The van der Waals surface area contributed by atoms with Crippen molar-refractivity contribution >= 4 is 22.6 Å². The van der Waals surface area contributed by atoms with Crippen molar-refractivity contribution in [1.29, 1.82) is 0 Å². The maximum Gasteiger partial charge on any atom is 0.161 e. The Kier molecular flexibility index (Phi) is 4.31. The number of anilines is 1. The van der Waals surface area contributed by atoms with Crippen LogP contribution in [-0.2, 0) is 0 Å². The van der Waals surface area contributed by atoms with Gasteiger partial charge in [-0.3, -0.25) is 4.99 Å². The van der Waals surface area contributed by atoms with Crippen LogP contribution in [0.15, 0.2) is 29.3 Å². The third-order valence-electron chi connectivity index (χ3n) is 2.61. The van der Waals surface area contributed by atoms with Crippen LogP contribution in [-0.4, -0.2) is 23.6 Å². The molecule has 0 amide bonds. The standard InChI is InChI=1S/C13H18N2OS/c1-3-10-9-17-13(14-10)15-11-7-5-6-8-12(11)16-4-2/h5-8,10H,3-4,9H2,1-2H3,(H,14,15). The Balaban J connectivity index is 2.08. The molecule has 1 aromatic rings. The quantitative estimate of drug-likeness (QED) is 0.889. The SMILES string of the molecule is CCOc1ccccc1NC1=NC(CC)CS1. The molecule has 1 unspecified atom stereocenters. The molecule has 0 aliphatic carbocycles. The van der Waals surface area contributed by atoms with E-state index in [9.17, 15) is 0 Å². The van der Waals surface area contributed by atoms with Crippen LogP contribution in [0.1, 0.15) is 20.3 Å². The van der Waals surface area contributed by atoms with Crippen molar-refractivity contribution in [3.63, 3.8) is 0 Å². The number of aliphatic imine (C=N–C) groups is 1. The normalized spacial score (nSPS) is 18.9. The summed E-state index contributed by atoms with van der Waals surface area (Å²) in [5, 5.41) is 4.35. The van der Waals surface area contributed by atoms with Crippen molar-refractivity contribution in [2.75, 3.05) is 17.7 Å². The summed E-state index contributed by atoms with van der Waals surface area (Å²) in [6.45, 7) is 4.84. The monoisotopic (exact) mass is 250 g/mol. The molecule has 2 rings (SSSR count). The van der Waals surface area contributed by atoms with Crippen molar-refractivity contribution in [1.82, 2.24) is 0 Å². The fraction of sp³-hybridized carbons (Fsp3) is 0.462. The van der Waals surface area contributed by atoms with Gasteiger partial charge in [-0.2, -0.15) is 0 Å². The lowest BCUT2D eigenvalue weighted by molar-refractivity contribution is 0.342. The van der Waals surface area contributed by atoms with E-state index in [1.54, 1.807) is 11.8 Å². The Labute approximate surface area is 107 Å². The van der Waals surface area contributed by atoms with Gasteiger partial charge in [-0.1, -0.05) is 30.8 Å². The Hall–Kier alpha value is -1.16. The molecule has 1 aliphatic rings. The van der Waals surface area contributed by atoms with Crippen molar-refractivity contribution in [3.05, 3.63) is 24.3 Å². The van der Waals surface area contributed by atoms with E-state index in [-0.39, 0.29) is 0 Å². The zero-order chi connectivity index (χ0) is 12.1. The van der Waals surface area contributed by atoms with Crippen molar-refractivity contribution in [2.45, 2.75) is 26.3 Å². The molecule has 92 valence electrons. The van der Waals surface area contributed by atoms with Gasteiger partial charge in [0.05, 0.1) is 18.3 Å².